The summed E-state index contributed by atoms with van der Waals surface area (Å²) in [6.07, 6.45) is 11.6. The van der Waals surface area contributed by atoms with E-state index in [1.165, 1.54) is 45.4 Å². The van der Waals surface area contributed by atoms with E-state index < -0.39 is 5.91 Å². The number of hydroxylamine groups is 2. The first kappa shape index (κ1) is 20.8. The Morgan fingerprint density at radius 2 is 1.29 bits per heavy atom. The highest BCUT2D eigenvalue weighted by molar-refractivity contribution is 4.67. The standard InChI is InChI=1S/C17H37NO3/c1-5-16(18(21)17(4,19)20)14-12-10-8-6-7-9-11-13-15(2)3/h15-16,19-21H,5-14H2,1-4H3. The minimum absolute atomic E-state index is 0.184. The molecule has 0 aromatic carbocycles. The van der Waals surface area contributed by atoms with Crippen LogP contribution in [0.3, 0.4) is 0 Å². The van der Waals surface area contributed by atoms with Crippen LogP contribution in [0.4, 0.5) is 0 Å². The minimum atomic E-state index is -2.14. The van der Waals surface area contributed by atoms with E-state index in [0.717, 1.165) is 25.2 Å². The van der Waals surface area contributed by atoms with Crippen molar-refractivity contribution in [3.63, 3.8) is 0 Å². The maximum Gasteiger partial charge on any atom is 0.244 e. The quantitative estimate of drug-likeness (QED) is 0.270. The first-order valence-corrected chi connectivity index (χ1v) is 8.72. The molecule has 1 atom stereocenters. The molecule has 0 spiro atoms. The summed E-state index contributed by atoms with van der Waals surface area (Å²) in [5, 5.41) is 29.2. The lowest BCUT2D eigenvalue weighted by atomic mass is 10.0. The van der Waals surface area contributed by atoms with E-state index in [1.807, 2.05) is 6.92 Å². The fourth-order valence-corrected chi connectivity index (χ4v) is 2.66. The zero-order valence-electron chi connectivity index (χ0n) is 14.5. The van der Waals surface area contributed by atoms with Crippen LogP contribution in [-0.4, -0.2) is 32.4 Å². The highest BCUT2D eigenvalue weighted by atomic mass is 16.6. The van der Waals surface area contributed by atoms with Crippen LogP contribution >= 0.6 is 0 Å². The van der Waals surface area contributed by atoms with Crippen LogP contribution in [0.15, 0.2) is 0 Å². The van der Waals surface area contributed by atoms with Crippen LogP contribution in [-0.2, 0) is 0 Å². The van der Waals surface area contributed by atoms with Gasteiger partial charge in [-0.2, -0.15) is 0 Å². The Kier molecular flexibility index (Phi) is 11.3. The summed E-state index contributed by atoms with van der Waals surface area (Å²) in [4.78, 5) is 0. The molecule has 0 radical (unpaired) electrons. The van der Waals surface area contributed by atoms with Gasteiger partial charge in [-0.1, -0.05) is 72.1 Å². The summed E-state index contributed by atoms with van der Waals surface area (Å²) in [5.41, 5.74) is 0. The third-order valence-corrected chi connectivity index (χ3v) is 4.07. The molecule has 0 aromatic heterocycles. The Morgan fingerprint density at radius 3 is 1.67 bits per heavy atom. The molecule has 0 saturated heterocycles. The van der Waals surface area contributed by atoms with Gasteiger partial charge < -0.3 is 15.4 Å². The van der Waals surface area contributed by atoms with Gasteiger partial charge in [0.15, 0.2) is 0 Å². The smallest absolute Gasteiger partial charge is 0.244 e. The topological polar surface area (TPSA) is 63.9 Å². The first-order chi connectivity index (χ1) is 9.79. The molecule has 4 heteroatoms. The molecule has 128 valence electrons. The fourth-order valence-electron chi connectivity index (χ4n) is 2.66. The SMILES string of the molecule is CCC(CCCCCCCCCC(C)C)N(O)C(C)(O)O. The molecule has 0 fully saturated rings. The lowest BCUT2D eigenvalue weighted by Gasteiger charge is -2.32. The Labute approximate surface area is 131 Å². The lowest BCUT2D eigenvalue weighted by Crippen LogP contribution is -2.49. The van der Waals surface area contributed by atoms with Crippen molar-refractivity contribution in [3.05, 3.63) is 0 Å². The van der Waals surface area contributed by atoms with Gasteiger partial charge in [0.1, 0.15) is 0 Å². The minimum Gasteiger partial charge on any atom is -0.352 e. The van der Waals surface area contributed by atoms with Crippen molar-refractivity contribution in [3.8, 4) is 0 Å². The fraction of sp³-hybridized carbons (Fsp3) is 1.00. The summed E-state index contributed by atoms with van der Waals surface area (Å²) < 4.78 is 0. The van der Waals surface area contributed by atoms with Gasteiger partial charge in [0, 0.05) is 13.0 Å². The lowest BCUT2D eigenvalue weighted by molar-refractivity contribution is -0.367. The molecule has 0 aliphatic rings. The van der Waals surface area contributed by atoms with Crippen molar-refractivity contribution < 1.29 is 15.4 Å². The number of unbranched alkanes of at least 4 members (excludes halogenated alkanes) is 6. The molecule has 0 heterocycles. The van der Waals surface area contributed by atoms with Crippen molar-refractivity contribution in [1.29, 1.82) is 0 Å². The van der Waals surface area contributed by atoms with E-state index in [-0.39, 0.29) is 6.04 Å². The van der Waals surface area contributed by atoms with Crippen LogP contribution in [0.1, 0.15) is 91.9 Å². The van der Waals surface area contributed by atoms with E-state index in [1.54, 1.807) is 0 Å². The number of aliphatic hydroxyl groups is 2. The van der Waals surface area contributed by atoms with Crippen LogP contribution in [0.5, 0.6) is 0 Å². The zero-order chi connectivity index (χ0) is 16.3. The van der Waals surface area contributed by atoms with Crippen LogP contribution in [0, 0.1) is 5.92 Å². The molecule has 0 bridgehead atoms. The van der Waals surface area contributed by atoms with E-state index in [0.29, 0.717) is 11.5 Å². The van der Waals surface area contributed by atoms with Crippen LogP contribution in [0.25, 0.3) is 0 Å². The summed E-state index contributed by atoms with van der Waals surface area (Å²) in [5.74, 6) is -1.32. The van der Waals surface area contributed by atoms with E-state index in [4.69, 9.17) is 0 Å². The third-order valence-electron chi connectivity index (χ3n) is 4.07. The Morgan fingerprint density at radius 1 is 0.857 bits per heavy atom. The maximum absolute atomic E-state index is 9.72. The van der Waals surface area contributed by atoms with Gasteiger partial charge in [-0.05, 0) is 18.8 Å². The summed E-state index contributed by atoms with van der Waals surface area (Å²) in [7, 11) is 0. The second-order valence-electron chi connectivity index (χ2n) is 6.82. The normalized spacial score (nSPS) is 14.1. The second-order valence-corrected chi connectivity index (χ2v) is 6.82. The maximum atomic E-state index is 9.72. The van der Waals surface area contributed by atoms with Gasteiger partial charge >= 0.3 is 0 Å². The van der Waals surface area contributed by atoms with Crippen molar-refractivity contribution in [2.45, 2.75) is 104 Å². The van der Waals surface area contributed by atoms with Crippen molar-refractivity contribution >= 4 is 0 Å². The molecule has 1 unspecified atom stereocenters. The largest absolute Gasteiger partial charge is 0.352 e. The number of rotatable bonds is 13. The van der Waals surface area contributed by atoms with Gasteiger partial charge in [-0.15, -0.1) is 5.06 Å². The summed E-state index contributed by atoms with van der Waals surface area (Å²) >= 11 is 0. The molecule has 3 N–H and O–H groups in total. The number of hydrogen-bond donors (Lipinski definition) is 3. The zero-order valence-corrected chi connectivity index (χ0v) is 14.5. The monoisotopic (exact) mass is 303 g/mol. The molecule has 0 aliphatic heterocycles. The number of hydrogen-bond acceptors (Lipinski definition) is 4. The average Bonchev–Trinajstić information content (AvgIpc) is 2.39. The van der Waals surface area contributed by atoms with Gasteiger partial charge in [0.2, 0.25) is 5.91 Å². The van der Waals surface area contributed by atoms with Gasteiger partial charge in [-0.25, -0.2) is 0 Å². The Balaban J connectivity index is 3.56. The molecule has 0 aromatic rings. The summed E-state index contributed by atoms with van der Waals surface area (Å²) in [6.45, 7) is 7.69. The first-order valence-electron chi connectivity index (χ1n) is 8.72. The predicted molar refractivity (Wildman–Crippen MR) is 86.9 cm³/mol. The van der Waals surface area contributed by atoms with Crippen LogP contribution < -0.4 is 0 Å². The molecule has 0 aliphatic carbocycles. The summed E-state index contributed by atoms with van der Waals surface area (Å²) in [6, 6.07) is -0.184. The predicted octanol–water partition coefficient (Wildman–Crippen LogP) is 4.28. The molecule has 0 amide bonds. The Hall–Kier alpha value is -0.160. The molecule has 4 nitrogen and oxygen atoms in total. The van der Waals surface area contributed by atoms with Crippen LogP contribution in [0.2, 0.25) is 0 Å². The van der Waals surface area contributed by atoms with Crippen molar-refractivity contribution in [1.82, 2.24) is 5.06 Å². The van der Waals surface area contributed by atoms with Gasteiger partial charge in [-0.3, -0.25) is 0 Å². The molecular weight excluding hydrogens is 266 g/mol. The molecular formula is C17H37NO3. The van der Waals surface area contributed by atoms with Crippen molar-refractivity contribution in [2.75, 3.05) is 0 Å². The van der Waals surface area contributed by atoms with E-state index >= 15 is 0 Å². The van der Waals surface area contributed by atoms with Gasteiger partial charge in [0.05, 0.1) is 0 Å². The number of nitrogens with zero attached hydrogens (tertiary/aromatic N) is 1. The van der Waals surface area contributed by atoms with Crippen molar-refractivity contribution in [2.24, 2.45) is 5.92 Å². The van der Waals surface area contributed by atoms with E-state index in [9.17, 15) is 15.4 Å². The highest BCUT2D eigenvalue weighted by Crippen LogP contribution is 2.18. The molecule has 0 saturated carbocycles. The molecule has 0 rings (SSSR count). The highest BCUT2D eigenvalue weighted by Gasteiger charge is 2.30. The Bertz CT molecular complexity index is 239. The second kappa shape index (κ2) is 11.4. The third kappa shape index (κ3) is 11.1. The van der Waals surface area contributed by atoms with Gasteiger partial charge in [0.25, 0.3) is 0 Å². The van der Waals surface area contributed by atoms with E-state index in [2.05, 4.69) is 13.8 Å². The molecule has 21 heavy (non-hydrogen) atoms. The average molecular weight is 303 g/mol.